The van der Waals surface area contributed by atoms with Gasteiger partial charge in [0.1, 0.15) is 5.75 Å². The molecule has 0 radical (unpaired) electrons. The zero-order valence-corrected chi connectivity index (χ0v) is 15.3. The molecule has 0 heterocycles. The Hall–Kier alpha value is -2.46. The van der Waals surface area contributed by atoms with E-state index in [0.29, 0.717) is 0 Å². The van der Waals surface area contributed by atoms with Gasteiger partial charge in [-0.2, -0.15) is 0 Å². The third-order valence-electron chi connectivity index (χ3n) is 4.45. The van der Waals surface area contributed by atoms with Crippen LogP contribution in [0.5, 0.6) is 5.75 Å². The first-order valence-electron chi connectivity index (χ1n) is 8.00. The summed E-state index contributed by atoms with van der Waals surface area (Å²) in [6.07, 6.45) is 4.19. The van der Waals surface area contributed by atoms with Gasteiger partial charge in [0.05, 0.1) is 13.5 Å². The number of rotatable bonds is 5. The number of carbonyl (C=O) groups is 1. The Morgan fingerprint density at radius 3 is 2.48 bits per heavy atom. The standard InChI is InChI=1S/C21H20O3S/c1-13-18(10-14-4-7-16(25-3)8-5-14)17-9-6-15(24-2)11-20(17)19(13)12-21(22)23/h4-11H,12H2,1-3H3,(H,22,23)/b18-10+. The van der Waals surface area contributed by atoms with Crippen molar-refractivity contribution in [3.05, 3.63) is 64.7 Å². The Morgan fingerprint density at radius 2 is 1.88 bits per heavy atom. The molecule has 0 aromatic heterocycles. The Labute approximate surface area is 152 Å². The molecule has 0 saturated carbocycles. The fraction of sp³-hybridized carbons (Fsp3) is 0.190. The SMILES string of the molecule is COc1ccc2c(c1)C(CC(=O)O)=C(C)/C2=C\c1ccc(SC)cc1. The molecule has 3 rings (SSSR count). The molecule has 1 aliphatic carbocycles. The van der Waals surface area contributed by atoms with Crippen LogP contribution in [0.15, 0.2) is 52.9 Å². The van der Waals surface area contributed by atoms with Crippen molar-refractivity contribution in [1.29, 1.82) is 0 Å². The molecule has 128 valence electrons. The predicted octanol–water partition coefficient (Wildman–Crippen LogP) is 5.22. The number of methoxy groups -OCH3 is 1. The summed E-state index contributed by atoms with van der Waals surface area (Å²) < 4.78 is 5.32. The first-order chi connectivity index (χ1) is 12.0. The van der Waals surface area contributed by atoms with Crippen molar-refractivity contribution in [2.45, 2.75) is 18.2 Å². The summed E-state index contributed by atoms with van der Waals surface area (Å²) in [5, 5.41) is 9.29. The minimum absolute atomic E-state index is 0.00868. The Bertz CT molecular complexity index is 877. The van der Waals surface area contributed by atoms with Crippen molar-refractivity contribution < 1.29 is 14.6 Å². The van der Waals surface area contributed by atoms with Crippen molar-refractivity contribution >= 4 is 35.0 Å². The van der Waals surface area contributed by atoms with E-state index < -0.39 is 5.97 Å². The summed E-state index contributed by atoms with van der Waals surface area (Å²) in [6.45, 7) is 1.99. The molecule has 1 aliphatic rings. The molecular weight excluding hydrogens is 332 g/mol. The smallest absolute Gasteiger partial charge is 0.307 e. The van der Waals surface area contributed by atoms with Gasteiger partial charge in [0.2, 0.25) is 0 Å². The van der Waals surface area contributed by atoms with Crippen LogP contribution in [-0.4, -0.2) is 24.4 Å². The number of thioether (sulfide) groups is 1. The summed E-state index contributed by atoms with van der Waals surface area (Å²) in [5.74, 6) is -0.0892. The lowest BCUT2D eigenvalue weighted by atomic mass is 10.0. The maximum absolute atomic E-state index is 11.3. The number of carboxylic acid groups (broad SMARTS) is 1. The Morgan fingerprint density at radius 1 is 1.16 bits per heavy atom. The van der Waals surface area contributed by atoms with Gasteiger partial charge in [-0.15, -0.1) is 11.8 Å². The summed E-state index contributed by atoms with van der Waals surface area (Å²) in [7, 11) is 1.62. The highest BCUT2D eigenvalue weighted by Gasteiger charge is 2.25. The van der Waals surface area contributed by atoms with Crippen molar-refractivity contribution in [2.24, 2.45) is 0 Å². The quantitative estimate of drug-likeness (QED) is 0.750. The lowest BCUT2D eigenvalue weighted by molar-refractivity contribution is -0.135. The van der Waals surface area contributed by atoms with Crippen LogP contribution >= 0.6 is 11.8 Å². The van der Waals surface area contributed by atoms with Crippen molar-refractivity contribution in [2.75, 3.05) is 13.4 Å². The normalized spacial score (nSPS) is 14.8. The molecule has 4 heteroatoms. The van der Waals surface area contributed by atoms with E-state index in [4.69, 9.17) is 4.74 Å². The van der Waals surface area contributed by atoms with E-state index >= 15 is 0 Å². The van der Waals surface area contributed by atoms with Gasteiger partial charge in [-0.05, 0) is 76.9 Å². The van der Waals surface area contributed by atoms with Gasteiger partial charge in [0.25, 0.3) is 0 Å². The highest BCUT2D eigenvalue weighted by molar-refractivity contribution is 7.98. The van der Waals surface area contributed by atoms with Crippen LogP contribution in [0.1, 0.15) is 30.0 Å². The second-order valence-electron chi connectivity index (χ2n) is 5.92. The highest BCUT2D eigenvalue weighted by atomic mass is 32.2. The average Bonchev–Trinajstić information content (AvgIpc) is 2.87. The summed E-state index contributed by atoms with van der Waals surface area (Å²) in [5.41, 5.74) is 6.05. The number of allylic oxidation sites excluding steroid dienone is 2. The van der Waals surface area contributed by atoms with Crippen molar-refractivity contribution in [3.8, 4) is 5.75 Å². The average molecular weight is 352 g/mol. The molecule has 0 aliphatic heterocycles. The molecule has 3 nitrogen and oxygen atoms in total. The van der Waals surface area contributed by atoms with Gasteiger partial charge in [-0.3, -0.25) is 4.79 Å². The molecule has 0 amide bonds. The Kier molecular flexibility index (Phi) is 5.00. The molecule has 25 heavy (non-hydrogen) atoms. The topological polar surface area (TPSA) is 46.5 Å². The van der Waals surface area contributed by atoms with Gasteiger partial charge in [-0.1, -0.05) is 18.2 Å². The summed E-state index contributed by atoms with van der Waals surface area (Å²) in [6, 6.07) is 14.2. The second-order valence-corrected chi connectivity index (χ2v) is 6.80. The van der Waals surface area contributed by atoms with E-state index in [0.717, 1.165) is 39.2 Å². The van der Waals surface area contributed by atoms with Gasteiger partial charge in [-0.25, -0.2) is 0 Å². The van der Waals surface area contributed by atoms with Gasteiger partial charge >= 0.3 is 5.97 Å². The molecule has 2 aromatic rings. The number of hydrogen-bond donors (Lipinski definition) is 1. The molecule has 0 atom stereocenters. The van der Waals surface area contributed by atoms with Gasteiger partial charge < -0.3 is 9.84 Å². The van der Waals surface area contributed by atoms with E-state index in [-0.39, 0.29) is 6.42 Å². The molecule has 1 N–H and O–H groups in total. The molecule has 0 unspecified atom stereocenters. The molecule has 0 fully saturated rings. The lowest BCUT2D eigenvalue weighted by Gasteiger charge is -2.07. The van der Waals surface area contributed by atoms with Crippen LogP contribution in [0.4, 0.5) is 0 Å². The molecule has 0 saturated heterocycles. The predicted molar refractivity (Wildman–Crippen MR) is 104 cm³/mol. The van der Waals surface area contributed by atoms with E-state index in [2.05, 4.69) is 36.6 Å². The third-order valence-corrected chi connectivity index (χ3v) is 5.20. The van der Waals surface area contributed by atoms with Crippen molar-refractivity contribution in [3.63, 3.8) is 0 Å². The summed E-state index contributed by atoms with van der Waals surface area (Å²) >= 11 is 1.71. The number of hydrogen-bond acceptors (Lipinski definition) is 3. The summed E-state index contributed by atoms with van der Waals surface area (Å²) in [4.78, 5) is 12.5. The van der Waals surface area contributed by atoms with Crippen molar-refractivity contribution in [1.82, 2.24) is 0 Å². The lowest BCUT2D eigenvalue weighted by Crippen LogP contribution is -1.97. The number of aliphatic carboxylic acids is 1. The number of carboxylic acids is 1. The molecule has 0 spiro atoms. The molecule has 2 aromatic carbocycles. The van der Waals surface area contributed by atoms with E-state index in [1.54, 1.807) is 18.9 Å². The minimum atomic E-state index is -0.825. The third kappa shape index (κ3) is 3.49. The van der Waals surface area contributed by atoms with E-state index in [1.807, 2.05) is 25.1 Å². The number of fused-ring (bicyclic) bond motifs is 1. The van der Waals surface area contributed by atoms with Crippen LogP contribution in [0, 0.1) is 0 Å². The van der Waals surface area contributed by atoms with Crippen LogP contribution in [0.3, 0.4) is 0 Å². The molecule has 0 bridgehead atoms. The van der Waals surface area contributed by atoms with Crippen LogP contribution in [0.25, 0.3) is 17.2 Å². The first kappa shape index (κ1) is 17.4. The number of ether oxygens (including phenoxy) is 1. The van der Waals surface area contributed by atoms with Gasteiger partial charge in [0.15, 0.2) is 0 Å². The minimum Gasteiger partial charge on any atom is -0.497 e. The fourth-order valence-corrected chi connectivity index (χ4v) is 3.54. The zero-order chi connectivity index (χ0) is 18.0. The van der Waals surface area contributed by atoms with E-state index in [1.165, 1.54) is 4.90 Å². The van der Waals surface area contributed by atoms with Crippen LogP contribution in [0.2, 0.25) is 0 Å². The van der Waals surface area contributed by atoms with Crippen LogP contribution < -0.4 is 4.74 Å². The maximum Gasteiger partial charge on any atom is 0.307 e. The zero-order valence-electron chi connectivity index (χ0n) is 14.5. The largest absolute Gasteiger partial charge is 0.497 e. The van der Waals surface area contributed by atoms with Crippen LogP contribution in [-0.2, 0) is 4.79 Å². The highest BCUT2D eigenvalue weighted by Crippen LogP contribution is 2.44. The monoisotopic (exact) mass is 352 g/mol. The van der Waals surface area contributed by atoms with E-state index in [9.17, 15) is 9.90 Å². The van der Waals surface area contributed by atoms with Gasteiger partial charge in [0, 0.05) is 4.90 Å². The first-order valence-corrected chi connectivity index (χ1v) is 9.22. The molecular formula is C21H20O3S. The number of benzene rings is 2. The Balaban J connectivity index is 2.11. The maximum atomic E-state index is 11.3. The second kappa shape index (κ2) is 7.19. The fourth-order valence-electron chi connectivity index (χ4n) is 3.13.